The lowest BCUT2D eigenvalue weighted by molar-refractivity contribution is -0.192. The first-order chi connectivity index (χ1) is 18.3. The maximum atomic E-state index is 11.7. The van der Waals surface area contributed by atoms with E-state index >= 15 is 0 Å². The van der Waals surface area contributed by atoms with Gasteiger partial charge in [-0.2, -0.15) is 13.2 Å². The molecule has 1 aliphatic heterocycles. The van der Waals surface area contributed by atoms with Gasteiger partial charge >= 0.3 is 12.1 Å². The van der Waals surface area contributed by atoms with Crippen molar-refractivity contribution < 1.29 is 41.0 Å². The van der Waals surface area contributed by atoms with Crippen LogP contribution in [0.2, 0.25) is 0 Å². The van der Waals surface area contributed by atoms with Crippen LogP contribution < -0.4 is 4.74 Å². The lowest BCUT2D eigenvalue weighted by Gasteiger charge is -2.24. The highest BCUT2D eigenvalue weighted by molar-refractivity contribution is 7.90. The molecule has 0 saturated carbocycles. The molecule has 1 unspecified atom stereocenters. The number of ether oxygens (including phenoxy) is 2. The van der Waals surface area contributed by atoms with Crippen molar-refractivity contribution in [1.82, 2.24) is 19.9 Å². The molecule has 10 nitrogen and oxygen atoms in total. The van der Waals surface area contributed by atoms with Gasteiger partial charge in [0.15, 0.2) is 9.84 Å². The number of nitrogens with zero attached hydrogens (tertiary/aromatic N) is 4. The van der Waals surface area contributed by atoms with Crippen LogP contribution in [-0.4, -0.2) is 78.2 Å². The number of sulfone groups is 1. The summed E-state index contributed by atoms with van der Waals surface area (Å²) in [5.74, 6) is -1.92. The lowest BCUT2D eigenvalue weighted by atomic mass is 10.1. The second-order valence-corrected chi connectivity index (χ2v) is 10.9. The minimum atomic E-state index is -5.08. The third-order valence-corrected chi connectivity index (χ3v) is 6.85. The van der Waals surface area contributed by atoms with Gasteiger partial charge in [0.05, 0.1) is 35.7 Å². The van der Waals surface area contributed by atoms with E-state index in [0.717, 1.165) is 55.2 Å². The number of carboxylic acid groups (broad SMARTS) is 1. The monoisotopic (exact) mass is 570 g/mol. The number of alkyl halides is 3. The summed E-state index contributed by atoms with van der Waals surface area (Å²) in [4.78, 5) is 11.5. The summed E-state index contributed by atoms with van der Waals surface area (Å²) < 4.78 is 68.0. The second-order valence-electron chi connectivity index (χ2n) is 8.88. The summed E-state index contributed by atoms with van der Waals surface area (Å²) in [5.41, 5.74) is 2.75. The number of methoxy groups -OCH3 is 1. The quantitative estimate of drug-likeness (QED) is 0.412. The van der Waals surface area contributed by atoms with E-state index in [1.165, 1.54) is 6.26 Å². The van der Waals surface area contributed by atoms with Crippen LogP contribution in [0.25, 0.3) is 5.69 Å². The Kier molecular flexibility index (Phi) is 10.1. The Morgan fingerprint density at radius 2 is 1.90 bits per heavy atom. The van der Waals surface area contributed by atoms with Gasteiger partial charge < -0.3 is 14.6 Å². The Bertz CT molecular complexity index is 1340. The Morgan fingerprint density at radius 1 is 1.21 bits per heavy atom. The molecule has 0 amide bonds. The van der Waals surface area contributed by atoms with Gasteiger partial charge in [-0.05, 0) is 54.8 Å². The molecule has 1 N–H and O–H groups in total. The zero-order valence-electron chi connectivity index (χ0n) is 21.3. The van der Waals surface area contributed by atoms with Gasteiger partial charge in [-0.15, -0.1) is 5.10 Å². The fourth-order valence-corrected chi connectivity index (χ4v) is 4.49. The summed E-state index contributed by atoms with van der Waals surface area (Å²) in [6, 6.07) is 14.7. The summed E-state index contributed by atoms with van der Waals surface area (Å²) in [5, 5.41) is 15.7. The number of carbonyl (C=O) groups is 1. The molecule has 39 heavy (non-hydrogen) atoms. The largest absolute Gasteiger partial charge is 0.497 e. The molecule has 3 aromatic rings. The SMILES string of the molecule is COc1cccc(CN(Cc2cn(-c3ccc(S(C)(=O)=O)cc3)nn2)CC2CCCO2)c1.O=C(O)C(F)(F)F. The molecule has 212 valence electrons. The number of aliphatic carboxylic acids is 1. The molecule has 1 aliphatic rings. The van der Waals surface area contributed by atoms with Crippen LogP contribution >= 0.6 is 0 Å². The van der Waals surface area contributed by atoms with Gasteiger partial charge in [0.1, 0.15) is 5.75 Å². The van der Waals surface area contributed by atoms with E-state index in [2.05, 4.69) is 21.3 Å². The van der Waals surface area contributed by atoms with Crippen LogP contribution in [0.1, 0.15) is 24.1 Å². The van der Waals surface area contributed by atoms with E-state index in [1.807, 2.05) is 24.4 Å². The van der Waals surface area contributed by atoms with Crippen molar-refractivity contribution in [3.8, 4) is 11.4 Å². The van der Waals surface area contributed by atoms with Crippen molar-refractivity contribution in [2.24, 2.45) is 0 Å². The van der Waals surface area contributed by atoms with Crippen molar-refractivity contribution in [3.63, 3.8) is 0 Å². The average molecular weight is 571 g/mol. The molecule has 4 rings (SSSR count). The molecule has 1 fully saturated rings. The molecule has 0 bridgehead atoms. The summed E-state index contributed by atoms with van der Waals surface area (Å²) in [6.45, 7) is 3.00. The Labute approximate surface area is 223 Å². The molecule has 14 heteroatoms. The maximum absolute atomic E-state index is 11.7. The van der Waals surface area contributed by atoms with Crippen LogP contribution in [-0.2, 0) is 32.5 Å². The summed E-state index contributed by atoms with van der Waals surface area (Å²) in [6.07, 6.45) is 0.370. The Morgan fingerprint density at radius 3 is 2.46 bits per heavy atom. The van der Waals surface area contributed by atoms with Crippen molar-refractivity contribution in [2.75, 3.05) is 26.5 Å². The predicted octanol–water partition coefficient (Wildman–Crippen LogP) is 3.49. The molecule has 0 aliphatic carbocycles. The van der Waals surface area contributed by atoms with E-state index in [1.54, 1.807) is 36.1 Å². The normalized spacial score (nSPS) is 15.6. The molecule has 2 heterocycles. The number of aromatic nitrogens is 3. The number of hydrogen-bond acceptors (Lipinski definition) is 8. The molecule has 1 atom stereocenters. The number of hydrogen-bond donors (Lipinski definition) is 1. The molecule has 1 aromatic heterocycles. The van der Waals surface area contributed by atoms with Crippen LogP contribution in [0.5, 0.6) is 5.75 Å². The van der Waals surface area contributed by atoms with Gasteiger partial charge in [0.25, 0.3) is 0 Å². The van der Waals surface area contributed by atoms with Crippen LogP contribution in [0.15, 0.2) is 59.6 Å². The number of halogens is 3. The lowest BCUT2D eigenvalue weighted by Crippen LogP contribution is -2.31. The van der Waals surface area contributed by atoms with E-state index in [4.69, 9.17) is 19.4 Å². The maximum Gasteiger partial charge on any atom is 0.490 e. The van der Waals surface area contributed by atoms with Gasteiger partial charge in [-0.1, -0.05) is 17.3 Å². The first-order valence-corrected chi connectivity index (χ1v) is 13.7. The van der Waals surface area contributed by atoms with Gasteiger partial charge in [-0.25, -0.2) is 17.9 Å². The Hall–Kier alpha value is -3.49. The van der Waals surface area contributed by atoms with E-state index in [0.29, 0.717) is 6.54 Å². The zero-order chi connectivity index (χ0) is 28.6. The fourth-order valence-electron chi connectivity index (χ4n) is 3.86. The smallest absolute Gasteiger partial charge is 0.490 e. The highest BCUT2D eigenvalue weighted by Gasteiger charge is 2.38. The first kappa shape index (κ1) is 30.1. The second kappa shape index (κ2) is 13.0. The topological polar surface area (TPSA) is 124 Å². The third-order valence-electron chi connectivity index (χ3n) is 5.72. The number of benzene rings is 2. The minimum absolute atomic E-state index is 0.221. The van der Waals surface area contributed by atoms with Crippen LogP contribution in [0.3, 0.4) is 0 Å². The van der Waals surface area contributed by atoms with Crippen molar-refractivity contribution in [1.29, 1.82) is 0 Å². The molecular formula is C25H29F3N4O6S. The standard InChI is InChI=1S/C23H28N4O4S.C2HF3O2/c1-30-21-6-3-5-18(13-21)14-26(17-22-7-4-12-31-22)15-19-16-27(25-24-19)20-8-10-23(11-9-20)32(2,28)29;3-2(4,5)1(6)7/h3,5-6,8-11,13,16,22H,4,7,12,14-15,17H2,1-2H3;(H,6,7). The van der Waals surface area contributed by atoms with Gasteiger partial charge in [-0.3, -0.25) is 4.90 Å². The summed E-state index contributed by atoms with van der Waals surface area (Å²) in [7, 11) is -1.56. The van der Waals surface area contributed by atoms with E-state index < -0.39 is 22.0 Å². The minimum Gasteiger partial charge on any atom is -0.497 e. The fraction of sp³-hybridized carbons (Fsp3) is 0.400. The first-order valence-electron chi connectivity index (χ1n) is 11.8. The number of rotatable bonds is 9. The van der Waals surface area contributed by atoms with Crippen molar-refractivity contribution in [3.05, 3.63) is 66.0 Å². The molecule has 1 saturated heterocycles. The van der Waals surface area contributed by atoms with Crippen molar-refractivity contribution >= 4 is 15.8 Å². The van der Waals surface area contributed by atoms with Crippen LogP contribution in [0.4, 0.5) is 13.2 Å². The zero-order valence-corrected chi connectivity index (χ0v) is 22.2. The third kappa shape index (κ3) is 9.33. The average Bonchev–Trinajstić information content (AvgIpc) is 3.56. The molecule has 0 radical (unpaired) electrons. The molecule has 2 aromatic carbocycles. The molecular weight excluding hydrogens is 541 g/mol. The Balaban J connectivity index is 0.000000532. The van der Waals surface area contributed by atoms with E-state index in [-0.39, 0.29) is 11.0 Å². The van der Waals surface area contributed by atoms with Gasteiger partial charge in [0, 0.05) is 32.5 Å². The predicted molar refractivity (Wildman–Crippen MR) is 134 cm³/mol. The van der Waals surface area contributed by atoms with Gasteiger partial charge in [0.2, 0.25) is 0 Å². The highest BCUT2D eigenvalue weighted by Crippen LogP contribution is 2.20. The number of carboxylic acids is 1. The highest BCUT2D eigenvalue weighted by atomic mass is 32.2. The van der Waals surface area contributed by atoms with Crippen LogP contribution in [0, 0.1) is 0 Å². The van der Waals surface area contributed by atoms with E-state index in [9.17, 15) is 21.6 Å². The summed E-state index contributed by atoms with van der Waals surface area (Å²) >= 11 is 0. The molecule has 0 spiro atoms. The van der Waals surface area contributed by atoms with Crippen molar-refractivity contribution in [2.45, 2.75) is 43.1 Å².